The lowest BCUT2D eigenvalue weighted by atomic mass is 10.1. The molecule has 0 saturated heterocycles. The van der Waals surface area contributed by atoms with Crippen molar-refractivity contribution in [1.82, 2.24) is 0 Å². The van der Waals surface area contributed by atoms with Crippen LogP contribution in [0, 0.1) is 0 Å². The maximum atomic E-state index is 11.5. The van der Waals surface area contributed by atoms with E-state index >= 15 is 0 Å². The SMILES string of the molecule is O=P(O)(O)Cc1ccccc1-[n+]1ccc(-c2cc[n+](CCCc3ccccc3)cc2)cc1. The summed E-state index contributed by atoms with van der Waals surface area (Å²) in [5.74, 6) is 0. The van der Waals surface area contributed by atoms with Gasteiger partial charge in [-0.1, -0.05) is 48.5 Å². The summed E-state index contributed by atoms with van der Waals surface area (Å²) in [4.78, 5) is 18.7. The maximum Gasteiger partial charge on any atom is 0.330 e. The molecule has 2 aromatic carbocycles. The van der Waals surface area contributed by atoms with Crippen molar-refractivity contribution in [2.45, 2.75) is 25.5 Å². The van der Waals surface area contributed by atoms with E-state index in [4.69, 9.17) is 0 Å². The zero-order chi connectivity index (χ0) is 22.4. The summed E-state index contributed by atoms with van der Waals surface area (Å²) in [6.45, 7) is 0.973. The predicted octanol–water partition coefficient (Wildman–Crippen LogP) is 4.23. The number of pyridine rings is 2. The fourth-order valence-electron chi connectivity index (χ4n) is 3.81. The molecule has 0 aliphatic carbocycles. The van der Waals surface area contributed by atoms with Gasteiger partial charge in [-0.3, -0.25) is 4.57 Å². The second kappa shape index (κ2) is 10.0. The first-order valence-corrected chi connectivity index (χ1v) is 12.5. The van der Waals surface area contributed by atoms with Crippen LogP contribution in [0.4, 0.5) is 0 Å². The molecule has 0 fully saturated rings. The van der Waals surface area contributed by atoms with E-state index in [9.17, 15) is 14.4 Å². The molecule has 0 saturated carbocycles. The molecule has 32 heavy (non-hydrogen) atoms. The van der Waals surface area contributed by atoms with Crippen molar-refractivity contribution in [3.8, 4) is 16.8 Å². The van der Waals surface area contributed by atoms with E-state index in [0.717, 1.165) is 36.2 Å². The molecule has 6 heteroatoms. The average molecular weight is 446 g/mol. The second-order valence-electron chi connectivity index (χ2n) is 7.86. The van der Waals surface area contributed by atoms with Crippen LogP contribution in [0.2, 0.25) is 0 Å². The van der Waals surface area contributed by atoms with E-state index in [-0.39, 0.29) is 6.16 Å². The third-order valence-electron chi connectivity index (χ3n) is 5.42. The second-order valence-corrected chi connectivity index (χ2v) is 9.50. The highest BCUT2D eigenvalue weighted by molar-refractivity contribution is 7.50. The summed E-state index contributed by atoms with van der Waals surface area (Å²) in [7, 11) is -4.14. The van der Waals surface area contributed by atoms with Gasteiger partial charge in [0, 0.05) is 42.3 Å². The molecule has 2 aromatic heterocycles. The lowest BCUT2D eigenvalue weighted by molar-refractivity contribution is -0.697. The highest BCUT2D eigenvalue weighted by Crippen LogP contribution is 2.39. The number of hydrogen-bond acceptors (Lipinski definition) is 1. The number of rotatable bonds is 8. The van der Waals surface area contributed by atoms with Crippen LogP contribution >= 0.6 is 7.60 Å². The minimum atomic E-state index is -4.14. The Balaban J connectivity index is 1.43. The van der Waals surface area contributed by atoms with Crippen LogP contribution in [0.1, 0.15) is 17.5 Å². The Morgan fingerprint density at radius 1 is 0.719 bits per heavy atom. The molecular formula is C26H27N2O3P+2. The van der Waals surface area contributed by atoms with Crippen molar-refractivity contribution >= 4 is 7.60 Å². The van der Waals surface area contributed by atoms with Gasteiger partial charge in [0.1, 0.15) is 6.54 Å². The summed E-state index contributed by atoms with van der Waals surface area (Å²) in [6.07, 6.45) is 9.95. The lowest BCUT2D eigenvalue weighted by Gasteiger charge is -2.07. The van der Waals surface area contributed by atoms with Gasteiger partial charge in [-0.15, -0.1) is 0 Å². The monoisotopic (exact) mass is 446 g/mol. The first-order chi connectivity index (χ1) is 15.5. The van der Waals surface area contributed by atoms with Crippen molar-refractivity contribution in [2.24, 2.45) is 0 Å². The molecule has 0 bridgehead atoms. The maximum absolute atomic E-state index is 11.5. The molecule has 4 rings (SSSR count). The fourth-order valence-corrected chi connectivity index (χ4v) is 4.52. The molecule has 2 N–H and O–H groups in total. The van der Waals surface area contributed by atoms with Crippen LogP contribution in [-0.4, -0.2) is 9.79 Å². The molecule has 0 amide bonds. The van der Waals surface area contributed by atoms with Crippen LogP contribution in [-0.2, 0) is 23.7 Å². The van der Waals surface area contributed by atoms with Gasteiger partial charge < -0.3 is 9.79 Å². The van der Waals surface area contributed by atoms with Crippen molar-refractivity contribution in [2.75, 3.05) is 0 Å². The molecule has 0 radical (unpaired) electrons. The van der Waals surface area contributed by atoms with E-state index in [1.807, 2.05) is 47.3 Å². The Kier molecular flexibility index (Phi) is 6.91. The third-order valence-corrected chi connectivity index (χ3v) is 6.18. The minimum Gasteiger partial charge on any atom is -0.324 e. The number of aryl methyl sites for hydroxylation is 2. The molecule has 0 atom stereocenters. The van der Waals surface area contributed by atoms with E-state index in [2.05, 4.69) is 53.4 Å². The van der Waals surface area contributed by atoms with Gasteiger partial charge in [-0.25, -0.2) is 4.57 Å². The van der Waals surface area contributed by atoms with Crippen molar-refractivity contribution in [1.29, 1.82) is 0 Å². The number of aromatic nitrogens is 2. The normalized spacial score (nSPS) is 11.4. The average Bonchev–Trinajstić information content (AvgIpc) is 2.80. The van der Waals surface area contributed by atoms with Gasteiger partial charge in [-0.05, 0) is 23.1 Å². The fraction of sp³-hybridized carbons (Fsp3) is 0.154. The summed E-state index contributed by atoms with van der Waals surface area (Å²) in [5, 5.41) is 0. The summed E-state index contributed by atoms with van der Waals surface area (Å²) >= 11 is 0. The first-order valence-electron chi connectivity index (χ1n) is 10.7. The van der Waals surface area contributed by atoms with Crippen LogP contribution in [0.25, 0.3) is 16.8 Å². The van der Waals surface area contributed by atoms with Gasteiger partial charge in [0.2, 0.25) is 5.69 Å². The van der Waals surface area contributed by atoms with Gasteiger partial charge >= 0.3 is 7.60 Å². The highest BCUT2D eigenvalue weighted by atomic mass is 31.2. The predicted molar refractivity (Wildman–Crippen MR) is 124 cm³/mol. The summed E-state index contributed by atoms with van der Waals surface area (Å²) < 4.78 is 15.6. The number of para-hydroxylation sites is 1. The van der Waals surface area contributed by atoms with Crippen LogP contribution in [0.5, 0.6) is 0 Å². The molecular weight excluding hydrogens is 419 g/mol. The van der Waals surface area contributed by atoms with Crippen molar-refractivity contribution < 1.29 is 23.5 Å². The molecule has 0 unspecified atom stereocenters. The Morgan fingerprint density at radius 3 is 1.97 bits per heavy atom. The van der Waals surface area contributed by atoms with Crippen molar-refractivity contribution in [3.05, 3.63) is 115 Å². The minimum absolute atomic E-state index is 0.277. The van der Waals surface area contributed by atoms with Crippen LogP contribution in [0.3, 0.4) is 0 Å². The van der Waals surface area contributed by atoms with Crippen LogP contribution < -0.4 is 9.13 Å². The number of nitrogens with zero attached hydrogens (tertiary/aromatic N) is 2. The van der Waals surface area contributed by atoms with E-state index < -0.39 is 7.60 Å². The Morgan fingerprint density at radius 2 is 1.31 bits per heavy atom. The number of hydrogen-bond donors (Lipinski definition) is 2. The van der Waals surface area contributed by atoms with Gasteiger partial charge in [0.05, 0.1) is 6.16 Å². The van der Waals surface area contributed by atoms with Crippen molar-refractivity contribution in [3.63, 3.8) is 0 Å². The zero-order valence-electron chi connectivity index (χ0n) is 17.8. The molecule has 5 nitrogen and oxygen atoms in total. The Bertz CT molecular complexity index is 1200. The van der Waals surface area contributed by atoms with Gasteiger partial charge in [0.25, 0.3) is 0 Å². The van der Waals surface area contributed by atoms with E-state index in [0.29, 0.717) is 5.56 Å². The molecule has 162 valence electrons. The zero-order valence-corrected chi connectivity index (χ0v) is 18.7. The smallest absolute Gasteiger partial charge is 0.324 e. The highest BCUT2D eigenvalue weighted by Gasteiger charge is 2.20. The molecule has 2 heterocycles. The quantitative estimate of drug-likeness (QED) is 0.315. The standard InChI is InChI=1S/C26H25N2O3P/c29-32(30,31)21-25-10-4-5-11-26(25)28-19-14-24(15-20-28)23-12-17-27(18-13-23)16-6-9-22-7-2-1-3-8-22/h1-5,7-8,10-15,17-20H,6,9,16,21H2/p+2. The molecule has 0 aliphatic rings. The first kappa shape index (κ1) is 22.1. The molecule has 0 aliphatic heterocycles. The number of benzene rings is 2. The summed E-state index contributed by atoms with van der Waals surface area (Å²) in [6, 6.07) is 26.1. The van der Waals surface area contributed by atoms with Gasteiger partial charge in [-0.2, -0.15) is 4.57 Å². The topological polar surface area (TPSA) is 65.3 Å². The molecule has 4 aromatic rings. The van der Waals surface area contributed by atoms with E-state index in [1.165, 1.54) is 5.56 Å². The summed E-state index contributed by atoms with van der Waals surface area (Å²) in [5.41, 5.74) is 4.97. The largest absolute Gasteiger partial charge is 0.330 e. The van der Waals surface area contributed by atoms with E-state index in [1.54, 1.807) is 12.1 Å². The molecule has 0 spiro atoms. The van der Waals surface area contributed by atoms with Crippen LogP contribution in [0.15, 0.2) is 104 Å². The van der Waals surface area contributed by atoms with Gasteiger partial charge in [0.15, 0.2) is 24.8 Å². The lowest BCUT2D eigenvalue weighted by Crippen LogP contribution is -2.32. The Labute approximate surface area is 188 Å². The Hall–Kier alpha value is -3.11. The third kappa shape index (κ3) is 5.98.